The van der Waals surface area contributed by atoms with Gasteiger partial charge in [0, 0.05) is 45.1 Å². The van der Waals surface area contributed by atoms with E-state index in [2.05, 4.69) is 52.4 Å². The van der Waals surface area contributed by atoms with Crippen molar-refractivity contribution in [1.29, 1.82) is 0 Å². The van der Waals surface area contributed by atoms with Gasteiger partial charge in [-0.25, -0.2) is 9.97 Å². The zero-order valence-corrected chi connectivity index (χ0v) is 15.1. The topological polar surface area (TPSA) is 83.0 Å². The Kier molecular flexibility index (Phi) is 5.33. The molecule has 2 aromatic heterocycles. The predicted octanol–water partition coefficient (Wildman–Crippen LogP) is 1.64. The van der Waals surface area contributed by atoms with Crippen LogP contribution in [0, 0.1) is 0 Å². The Morgan fingerprint density at radius 3 is 2.41 bits per heavy atom. The number of anilines is 3. The van der Waals surface area contributed by atoms with Gasteiger partial charge in [-0.1, -0.05) is 30.3 Å². The summed E-state index contributed by atoms with van der Waals surface area (Å²) in [5, 5.41) is 11.5. The van der Waals surface area contributed by atoms with Crippen LogP contribution in [0.2, 0.25) is 0 Å². The highest BCUT2D eigenvalue weighted by Crippen LogP contribution is 2.16. The second kappa shape index (κ2) is 8.39. The van der Waals surface area contributed by atoms with E-state index in [9.17, 15) is 0 Å². The normalized spacial score (nSPS) is 14.2. The van der Waals surface area contributed by atoms with E-state index < -0.39 is 0 Å². The van der Waals surface area contributed by atoms with E-state index in [4.69, 9.17) is 0 Å². The monoisotopic (exact) mass is 362 g/mol. The van der Waals surface area contributed by atoms with E-state index in [1.165, 1.54) is 5.56 Å². The number of nitrogens with one attached hydrogen (secondary N) is 1. The quantitative estimate of drug-likeness (QED) is 0.709. The molecule has 0 atom stereocenters. The molecule has 27 heavy (non-hydrogen) atoms. The Morgan fingerprint density at radius 2 is 1.63 bits per heavy atom. The van der Waals surface area contributed by atoms with E-state index in [1.54, 1.807) is 18.6 Å². The summed E-state index contributed by atoms with van der Waals surface area (Å²) in [5.74, 6) is 2.19. The standard InChI is InChI=1S/C19H22N8/c1-2-5-16(6-3-1)7-10-20-18-24-17(15-23-25-18)26-11-13-27(14-12-26)19-21-8-4-9-22-19/h1-6,8-9,15H,7,10-14H2,(H,20,24,25). The number of benzene rings is 1. The largest absolute Gasteiger partial charge is 0.353 e. The van der Waals surface area contributed by atoms with Crippen LogP contribution in [-0.2, 0) is 6.42 Å². The van der Waals surface area contributed by atoms with Gasteiger partial charge >= 0.3 is 0 Å². The van der Waals surface area contributed by atoms with E-state index in [-0.39, 0.29) is 0 Å². The van der Waals surface area contributed by atoms with Crippen LogP contribution in [0.5, 0.6) is 0 Å². The molecule has 0 aliphatic carbocycles. The van der Waals surface area contributed by atoms with Crippen LogP contribution in [-0.4, -0.2) is 57.9 Å². The Morgan fingerprint density at radius 1 is 0.889 bits per heavy atom. The van der Waals surface area contributed by atoms with Crippen LogP contribution in [0.25, 0.3) is 0 Å². The molecule has 3 heterocycles. The minimum atomic E-state index is 0.567. The molecule has 138 valence electrons. The fourth-order valence-corrected chi connectivity index (χ4v) is 3.08. The van der Waals surface area contributed by atoms with Gasteiger partial charge in [0.25, 0.3) is 0 Å². The average Bonchev–Trinajstić information content (AvgIpc) is 2.76. The molecule has 0 radical (unpaired) electrons. The van der Waals surface area contributed by atoms with Crippen molar-refractivity contribution in [1.82, 2.24) is 25.1 Å². The molecule has 8 heteroatoms. The highest BCUT2D eigenvalue weighted by molar-refractivity contribution is 5.43. The molecule has 0 spiro atoms. The van der Waals surface area contributed by atoms with Crippen LogP contribution >= 0.6 is 0 Å². The molecule has 1 aliphatic heterocycles. The summed E-state index contributed by atoms with van der Waals surface area (Å²) in [4.78, 5) is 17.7. The molecular weight excluding hydrogens is 340 g/mol. The summed E-state index contributed by atoms with van der Waals surface area (Å²) in [6.07, 6.45) is 6.19. The SMILES string of the molecule is c1ccc(CCNc2nncc(N3CCN(c4ncccn4)CC3)n2)cc1. The average molecular weight is 362 g/mol. The zero-order chi connectivity index (χ0) is 18.3. The molecule has 1 aromatic carbocycles. The lowest BCUT2D eigenvalue weighted by molar-refractivity contribution is 0.632. The van der Waals surface area contributed by atoms with Crippen molar-refractivity contribution < 1.29 is 0 Å². The lowest BCUT2D eigenvalue weighted by Crippen LogP contribution is -2.47. The van der Waals surface area contributed by atoms with Crippen molar-refractivity contribution in [3.8, 4) is 0 Å². The lowest BCUT2D eigenvalue weighted by Gasteiger charge is -2.35. The molecule has 1 N–H and O–H groups in total. The van der Waals surface area contributed by atoms with Gasteiger partial charge in [0.05, 0.1) is 6.20 Å². The van der Waals surface area contributed by atoms with Crippen LogP contribution in [0.1, 0.15) is 5.56 Å². The van der Waals surface area contributed by atoms with Gasteiger partial charge < -0.3 is 15.1 Å². The second-order valence-corrected chi connectivity index (χ2v) is 6.32. The summed E-state index contributed by atoms with van der Waals surface area (Å²) in [6.45, 7) is 4.17. The third-order valence-electron chi connectivity index (χ3n) is 4.52. The molecule has 0 bridgehead atoms. The van der Waals surface area contributed by atoms with Crippen molar-refractivity contribution in [2.75, 3.05) is 47.8 Å². The molecule has 0 amide bonds. The van der Waals surface area contributed by atoms with Crippen LogP contribution < -0.4 is 15.1 Å². The van der Waals surface area contributed by atoms with Gasteiger partial charge in [0.15, 0.2) is 5.82 Å². The first-order chi connectivity index (χ1) is 13.4. The molecule has 4 rings (SSSR count). The summed E-state index contributed by atoms with van der Waals surface area (Å²) in [6, 6.07) is 12.2. The van der Waals surface area contributed by atoms with Crippen LogP contribution in [0.3, 0.4) is 0 Å². The van der Waals surface area contributed by atoms with Crippen LogP contribution in [0.4, 0.5) is 17.7 Å². The number of hydrogen-bond acceptors (Lipinski definition) is 8. The van der Waals surface area contributed by atoms with Gasteiger partial charge in [-0.2, -0.15) is 10.1 Å². The fraction of sp³-hybridized carbons (Fsp3) is 0.316. The van der Waals surface area contributed by atoms with Gasteiger partial charge in [-0.05, 0) is 18.1 Å². The Bertz CT molecular complexity index is 835. The first-order valence-corrected chi connectivity index (χ1v) is 9.13. The molecule has 1 aliphatic rings. The summed E-state index contributed by atoms with van der Waals surface area (Å²) >= 11 is 0. The highest BCUT2D eigenvalue weighted by Gasteiger charge is 2.20. The van der Waals surface area contributed by atoms with Gasteiger partial charge in [0.2, 0.25) is 11.9 Å². The third-order valence-corrected chi connectivity index (χ3v) is 4.52. The predicted molar refractivity (Wildman–Crippen MR) is 105 cm³/mol. The van der Waals surface area contributed by atoms with Crippen molar-refractivity contribution in [2.24, 2.45) is 0 Å². The minimum Gasteiger partial charge on any atom is -0.353 e. The number of rotatable bonds is 6. The van der Waals surface area contributed by atoms with Crippen LogP contribution in [0.15, 0.2) is 55.0 Å². The first kappa shape index (κ1) is 17.1. The summed E-state index contributed by atoms with van der Waals surface area (Å²) in [7, 11) is 0. The third kappa shape index (κ3) is 4.46. The van der Waals surface area contributed by atoms with Crippen molar-refractivity contribution >= 4 is 17.7 Å². The van der Waals surface area contributed by atoms with Crippen molar-refractivity contribution in [3.05, 3.63) is 60.6 Å². The minimum absolute atomic E-state index is 0.567. The molecule has 3 aromatic rings. The van der Waals surface area contributed by atoms with Gasteiger partial charge in [-0.15, -0.1) is 5.10 Å². The molecule has 1 saturated heterocycles. The van der Waals surface area contributed by atoms with E-state index in [0.29, 0.717) is 5.95 Å². The maximum atomic E-state index is 4.62. The lowest BCUT2D eigenvalue weighted by atomic mass is 10.1. The molecule has 0 unspecified atom stereocenters. The Balaban J connectivity index is 1.31. The van der Waals surface area contributed by atoms with Gasteiger partial charge in [-0.3, -0.25) is 0 Å². The first-order valence-electron chi connectivity index (χ1n) is 9.13. The maximum Gasteiger partial charge on any atom is 0.244 e. The number of piperazine rings is 1. The summed E-state index contributed by atoms with van der Waals surface area (Å²) in [5.41, 5.74) is 1.29. The Hall–Kier alpha value is -3.29. The molecule has 0 saturated carbocycles. The fourth-order valence-electron chi connectivity index (χ4n) is 3.08. The molecule has 8 nitrogen and oxygen atoms in total. The smallest absolute Gasteiger partial charge is 0.244 e. The zero-order valence-electron chi connectivity index (χ0n) is 15.1. The number of aromatic nitrogens is 5. The molecule has 1 fully saturated rings. The number of hydrogen-bond donors (Lipinski definition) is 1. The molecular formula is C19H22N8. The Labute approximate surface area is 158 Å². The van der Waals surface area contributed by atoms with E-state index in [0.717, 1.165) is 50.9 Å². The van der Waals surface area contributed by atoms with Gasteiger partial charge in [0.1, 0.15) is 0 Å². The number of nitrogens with zero attached hydrogens (tertiary/aromatic N) is 7. The summed E-state index contributed by atoms with van der Waals surface area (Å²) < 4.78 is 0. The van der Waals surface area contributed by atoms with E-state index in [1.807, 2.05) is 24.3 Å². The highest BCUT2D eigenvalue weighted by atomic mass is 15.4. The van der Waals surface area contributed by atoms with Crippen molar-refractivity contribution in [2.45, 2.75) is 6.42 Å². The second-order valence-electron chi connectivity index (χ2n) is 6.32. The van der Waals surface area contributed by atoms with E-state index >= 15 is 0 Å². The van der Waals surface area contributed by atoms with Crippen molar-refractivity contribution in [3.63, 3.8) is 0 Å². The maximum absolute atomic E-state index is 4.62.